The molecule has 3 heterocycles. The van der Waals surface area contributed by atoms with E-state index in [0.29, 0.717) is 11.5 Å². The Balaban J connectivity index is 1.80. The second kappa shape index (κ2) is 7.58. The van der Waals surface area contributed by atoms with Crippen molar-refractivity contribution in [3.63, 3.8) is 0 Å². The zero-order valence-corrected chi connectivity index (χ0v) is 17.2. The fraction of sp³-hybridized carbons (Fsp3) is 0.381. The van der Waals surface area contributed by atoms with Crippen molar-refractivity contribution in [2.24, 2.45) is 12.8 Å². The Hall–Kier alpha value is -2.35. The van der Waals surface area contributed by atoms with Crippen LogP contribution in [0, 0.1) is 0 Å². The van der Waals surface area contributed by atoms with Crippen LogP contribution >= 0.6 is 11.3 Å². The Morgan fingerprint density at radius 2 is 2.00 bits per heavy atom. The van der Waals surface area contributed by atoms with Gasteiger partial charge in [0.2, 0.25) is 0 Å². The van der Waals surface area contributed by atoms with Gasteiger partial charge in [-0.1, -0.05) is 6.07 Å². The molecule has 148 valence electrons. The maximum atomic E-state index is 12.7. The van der Waals surface area contributed by atoms with E-state index in [-0.39, 0.29) is 11.6 Å². The van der Waals surface area contributed by atoms with Crippen molar-refractivity contribution in [3.05, 3.63) is 45.7 Å². The van der Waals surface area contributed by atoms with Gasteiger partial charge in [-0.3, -0.25) is 9.69 Å². The summed E-state index contributed by atoms with van der Waals surface area (Å²) in [5, 5.41) is 0.762. The summed E-state index contributed by atoms with van der Waals surface area (Å²) in [6, 6.07) is 8.14. The quantitative estimate of drug-likeness (QED) is 0.714. The van der Waals surface area contributed by atoms with Crippen molar-refractivity contribution in [2.75, 3.05) is 27.3 Å². The van der Waals surface area contributed by atoms with E-state index in [1.807, 2.05) is 30.5 Å². The van der Waals surface area contributed by atoms with Gasteiger partial charge in [-0.15, -0.1) is 11.3 Å². The molecule has 0 amide bonds. The van der Waals surface area contributed by atoms with Crippen molar-refractivity contribution in [3.8, 4) is 22.6 Å². The Labute approximate surface area is 168 Å². The second-order valence-corrected chi connectivity index (χ2v) is 8.40. The lowest BCUT2D eigenvalue weighted by Gasteiger charge is -2.13. The summed E-state index contributed by atoms with van der Waals surface area (Å²) >= 11 is 1.69. The smallest absolute Gasteiger partial charge is 0.259 e. The molecule has 1 atom stereocenters. The van der Waals surface area contributed by atoms with Crippen LogP contribution in [0.2, 0.25) is 0 Å². The topological polar surface area (TPSA) is 69.7 Å². The highest BCUT2D eigenvalue weighted by Gasteiger charge is 2.21. The summed E-state index contributed by atoms with van der Waals surface area (Å²) in [4.78, 5) is 16.3. The molecule has 28 heavy (non-hydrogen) atoms. The number of benzene rings is 1. The minimum Gasteiger partial charge on any atom is -0.493 e. The maximum absolute atomic E-state index is 12.7. The third-order valence-electron chi connectivity index (χ3n) is 5.28. The van der Waals surface area contributed by atoms with Crippen LogP contribution in [0.4, 0.5) is 0 Å². The Kier molecular flexibility index (Phi) is 5.14. The van der Waals surface area contributed by atoms with Crippen molar-refractivity contribution >= 4 is 21.4 Å². The first-order valence-electron chi connectivity index (χ1n) is 9.32. The number of likely N-dealkylation sites (tertiary alicyclic amines) is 1. The lowest BCUT2D eigenvalue weighted by atomic mass is 10.1. The molecule has 1 unspecified atom stereocenters. The number of aryl methyl sites for hydroxylation is 1. The van der Waals surface area contributed by atoms with Crippen LogP contribution in [0.1, 0.15) is 11.3 Å². The van der Waals surface area contributed by atoms with Gasteiger partial charge in [0, 0.05) is 54.1 Å². The first kappa shape index (κ1) is 19.0. The van der Waals surface area contributed by atoms with E-state index in [2.05, 4.69) is 4.90 Å². The average molecular weight is 400 g/mol. The maximum Gasteiger partial charge on any atom is 0.259 e. The van der Waals surface area contributed by atoms with E-state index in [1.54, 1.807) is 37.2 Å². The van der Waals surface area contributed by atoms with E-state index in [9.17, 15) is 4.79 Å². The summed E-state index contributed by atoms with van der Waals surface area (Å²) in [6.45, 7) is 2.76. The van der Waals surface area contributed by atoms with Crippen LogP contribution in [0.3, 0.4) is 0 Å². The van der Waals surface area contributed by atoms with Gasteiger partial charge in [-0.2, -0.15) is 0 Å². The van der Waals surface area contributed by atoms with Crippen molar-refractivity contribution in [2.45, 2.75) is 19.0 Å². The number of nitrogens with zero attached hydrogens (tertiary/aromatic N) is 2. The number of pyridine rings is 1. The number of thiophene rings is 1. The summed E-state index contributed by atoms with van der Waals surface area (Å²) in [5.41, 5.74) is 8.08. The average Bonchev–Trinajstić information content (AvgIpc) is 3.30. The van der Waals surface area contributed by atoms with Gasteiger partial charge < -0.3 is 19.8 Å². The van der Waals surface area contributed by atoms with Gasteiger partial charge in [-0.05, 0) is 30.2 Å². The Bertz CT molecular complexity index is 1070. The first-order valence-corrected chi connectivity index (χ1v) is 10.1. The largest absolute Gasteiger partial charge is 0.493 e. The first-order chi connectivity index (χ1) is 13.5. The molecule has 7 heteroatoms. The van der Waals surface area contributed by atoms with E-state index < -0.39 is 0 Å². The van der Waals surface area contributed by atoms with Crippen LogP contribution in [0.25, 0.3) is 21.2 Å². The summed E-state index contributed by atoms with van der Waals surface area (Å²) in [7, 11) is 5.04. The number of hydrogen-bond donors (Lipinski definition) is 1. The zero-order valence-electron chi connectivity index (χ0n) is 16.4. The fourth-order valence-corrected chi connectivity index (χ4v) is 5.04. The molecule has 4 rings (SSSR count). The van der Waals surface area contributed by atoms with Crippen LogP contribution < -0.4 is 20.8 Å². The third-order valence-corrected chi connectivity index (χ3v) is 6.44. The van der Waals surface area contributed by atoms with Gasteiger partial charge >= 0.3 is 0 Å². The molecule has 0 saturated carbocycles. The number of fused-ring (bicyclic) bond motifs is 1. The predicted octanol–water partition coefficient (Wildman–Crippen LogP) is 2.82. The molecule has 2 N–H and O–H groups in total. The van der Waals surface area contributed by atoms with Crippen LogP contribution in [-0.2, 0) is 13.6 Å². The van der Waals surface area contributed by atoms with Gasteiger partial charge in [0.25, 0.3) is 5.56 Å². The molecular weight excluding hydrogens is 374 g/mol. The molecule has 2 aromatic heterocycles. The van der Waals surface area contributed by atoms with Crippen LogP contribution in [-0.4, -0.2) is 42.8 Å². The minimum absolute atomic E-state index is 0.0276. The van der Waals surface area contributed by atoms with Gasteiger partial charge in [0.1, 0.15) is 0 Å². The molecule has 0 bridgehead atoms. The Morgan fingerprint density at radius 3 is 2.68 bits per heavy atom. The molecule has 1 fully saturated rings. The number of hydrogen-bond acceptors (Lipinski definition) is 6. The molecule has 1 saturated heterocycles. The number of aromatic nitrogens is 1. The van der Waals surface area contributed by atoms with Gasteiger partial charge in [0.05, 0.1) is 19.6 Å². The highest BCUT2D eigenvalue weighted by molar-refractivity contribution is 7.19. The van der Waals surface area contributed by atoms with Crippen molar-refractivity contribution in [1.82, 2.24) is 9.47 Å². The summed E-state index contributed by atoms with van der Waals surface area (Å²) in [5.74, 6) is 1.36. The lowest BCUT2D eigenvalue weighted by molar-refractivity contribution is 0.330. The highest BCUT2D eigenvalue weighted by atomic mass is 32.1. The predicted molar refractivity (Wildman–Crippen MR) is 113 cm³/mol. The molecule has 1 aromatic carbocycles. The number of methoxy groups -OCH3 is 2. The monoisotopic (exact) mass is 399 g/mol. The molecule has 1 aliphatic heterocycles. The van der Waals surface area contributed by atoms with Crippen LogP contribution in [0.15, 0.2) is 35.3 Å². The number of nitrogens with two attached hydrogens (primary N) is 1. The number of rotatable bonds is 5. The second-order valence-electron chi connectivity index (χ2n) is 7.27. The van der Waals surface area contributed by atoms with Gasteiger partial charge in [0.15, 0.2) is 11.5 Å². The standard InChI is InChI=1S/C21H25N3O3S/c1-23-12-17(13-4-5-18(26-2)19(8-13)27-3)20-16(21(23)25)9-15(28-20)11-24-7-6-14(22)10-24/h4-5,8-9,12,14H,6-7,10-11,22H2,1-3H3. The van der Waals surface area contributed by atoms with E-state index in [0.717, 1.165) is 47.3 Å². The SMILES string of the molecule is COc1ccc(-c2cn(C)c(=O)c3cc(CN4CCC(N)C4)sc23)cc1OC. The van der Waals surface area contributed by atoms with E-state index in [1.165, 1.54) is 4.88 Å². The normalized spacial score (nSPS) is 17.4. The summed E-state index contributed by atoms with van der Waals surface area (Å²) in [6.07, 6.45) is 2.93. The molecule has 0 spiro atoms. The van der Waals surface area contributed by atoms with Crippen LogP contribution in [0.5, 0.6) is 11.5 Å². The fourth-order valence-electron chi connectivity index (χ4n) is 3.82. The van der Waals surface area contributed by atoms with Crippen molar-refractivity contribution < 1.29 is 9.47 Å². The lowest BCUT2D eigenvalue weighted by Crippen LogP contribution is -2.25. The summed E-state index contributed by atoms with van der Waals surface area (Å²) < 4.78 is 13.5. The minimum atomic E-state index is 0.0276. The van der Waals surface area contributed by atoms with E-state index in [4.69, 9.17) is 15.2 Å². The molecule has 0 radical (unpaired) electrons. The molecular formula is C21H25N3O3S. The molecule has 0 aliphatic carbocycles. The van der Waals surface area contributed by atoms with Gasteiger partial charge in [-0.25, -0.2) is 0 Å². The highest BCUT2D eigenvalue weighted by Crippen LogP contribution is 2.37. The molecule has 3 aromatic rings. The Morgan fingerprint density at radius 1 is 1.21 bits per heavy atom. The number of ether oxygens (including phenoxy) is 2. The molecule has 1 aliphatic rings. The third kappa shape index (κ3) is 3.41. The van der Waals surface area contributed by atoms with Crippen molar-refractivity contribution in [1.29, 1.82) is 0 Å². The zero-order chi connectivity index (χ0) is 19.8. The molecule has 6 nitrogen and oxygen atoms in total. The van der Waals surface area contributed by atoms with E-state index >= 15 is 0 Å².